The van der Waals surface area contributed by atoms with Crippen LogP contribution in [0.2, 0.25) is 0 Å². The van der Waals surface area contributed by atoms with Crippen molar-refractivity contribution in [1.82, 2.24) is 14.9 Å². The van der Waals surface area contributed by atoms with Crippen LogP contribution in [0.3, 0.4) is 0 Å². The van der Waals surface area contributed by atoms with E-state index in [0.29, 0.717) is 13.0 Å². The van der Waals surface area contributed by atoms with Gasteiger partial charge >= 0.3 is 12.1 Å². The van der Waals surface area contributed by atoms with Gasteiger partial charge in [-0.3, -0.25) is 4.79 Å². The lowest BCUT2D eigenvalue weighted by Crippen LogP contribution is -2.40. The monoisotopic (exact) mass is 419 g/mol. The summed E-state index contributed by atoms with van der Waals surface area (Å²) in [5, 5.41) is 7.15. The van der Waals surface area contributed by atoms with Gasteiger partial charge in [0.15, 0.2) is 12.2 Å². The molecule has 3 atom stereocenters. The quantitative estimate of drug-likeness (QED) is 0.739. The number of benzene rings is 1. The molecule has 1 aliphatic rings. The molecule has 0 aliphatic carbocycles. The lowest BCUT2D eigenvalue weighted by molar-refractivity contribution is -0.152. The summed E-state index contributed by atoms with van der Waals surface area (Å²) in [6, 6.07) is 7.87. The van der Waals surface area contributed by atoms with Crippen LogP contribution in [0, 0.1) is 0 Å². The molecule has 0 unspecified atom stereocenters. The minimum Gasteiger partial charge on any atom is -0.457 e. The first-order chi connectivity index (χ1) is 13.7. The number of ether oxygens (including phenoxy) is 3. The lowest BCUT2D eigenvalue weighted by Gasteiger charge is -2.25. The van der Waals surface area contributed by atoms with Crippen molar-refractivity contribution in [3.05, 3.63) is 36.0 Å². The Morgan fingerprint density at radius 1 is 1.21 bits per heavy atom. The normalized spacial score (nSPS) is 21.6. The Morgan fingerprint density at radius 3 is 2.52 bits per heavy atom. The molecule has 2 heterocycles. The van der Waals surface area contributed by atoms with E-state index in [1.54, 1.807) is 27.0 Å². The van der Waals surface area contributed by atoms with Gasteiger partial charge in [-0.1, -0.05) is 28.8 Å². The maximum Gasteiger partial charge on any atom is 0.509 e. The predicted molar refractivity (Wildman–Crippen MR) is 108 cm³/mol. The molecule has 0 radical (unpaired) electrons. The molecule has 1 aromatic heterocycles. The summed E-state index contributed by atoms with van der Waals surface area (Å²) >= 11 is 1.34. The maximum atomic E-state index is 12.0. The minimum absolute atomic E-state index is 0.178. The number of hydrogen-bond acceptors (Lipinski definition) is 9. The van der Waals surface area contributed by atoms with Gasteiger partial charge in [-0.2, -0.15) is 0 Å². The van der Waals surface area contributed by atoms with E-state index in [9.17, 15) is 9.59 Å². The second-order valence-electron chi connectivity index (χ2n) is 7.89. The summed E-state index contributed by atoms with van der Waals surface area (Å²) in [5.74, 6) is -0.422. The van der Waals surface area contributed by atoms with E-state index in [2.05, 4.69) is 14.9 Å². The number of nitrogens with one attached hydrogen (secondary N) is 1. The van der Waals surface area contributed by atoms with Gasteiger partial charge in [0.1, 0.15) is 5.60 Å². The van der Waals surface area contributed by atoms with Crippen LogP contribution in [-0.2, 0) is 25.4 Å². The molecule has 0 saturated carbocycles. The summed E-state index contributed by atoms with van der Waals surface area (Å²) in [6.45, 7) is 7.02. The molecule has 1 saturated heterocycles. The highest BCUT2D eigenvalue weighted by atomic mass is 32.1. The third-order valence-electron chi connectivity index (χ3n) is 4.34. The molecular formula is C20H25N3O5S. The number of rotatable bonds is 5. The van der Waals surface area contributed by atoms with E-state index in [4.69, 9.17) is 14.2 Å². The second kappa shape index (κ2) is 8.87. The summed E-state index contributed by atoms with van der Waals surface area (Å²) in [5.41, 5.74) is 1.46. The molecular weight excluding hydrogens is 394 g/mol. The van der Waals surface area contributed by atoms with E-state index in [-0.39, 0.29) is 6.04 Å². The fraction of sp³-hybridized carbons (Fsp3) is 0.500. The van der Waals surface area contributed by atoms with Gasteiger partial charge in [0.2, 0.25) is 0 Å². The zero-order valence-electron chi connectivity index (χ0n) is 16.9. The topological polar surface area (TPSA) is 99.6 Å². The van der Waals surface area contributed by atoms with Gasteiger partial charge in [-0.05, 0) is 49.9 Å². The molecule has 1 N–H and O–H groups in total. The highest BCUT2D eigenvalue weighted by molar-refractivity contribution is 7.09. The predicted octanol–water partition coefficient (Wildman–Crippen LogP) is 2.97. The highest BCUT2D eigenvalue weighted by Crippen LogP contribution is 2.24. The van der Waals surface area contributed by atoms with Crippen LogP contribution in [0.25, 0.3) is 10.4 Å². The number of carbonyl (C=O) groups excluding carboxylic acids is 2. The first-order valence-electron chi connectivity index (χ1n) is 9.38. The van der Waals surface area contributed by atoms with Crippen molar-refractivity contribution in [1.29, 1.82) is 0 Å². The molecule has 1 aromatic carbocycles. The number of nitrogens with zero attached hydrogens (tertiary/aromatic N) is 2. The summed E-state index contributed by atoms with van der Waals surface area (Å²) < 4.78 is 20.0. The van der Waals surface area contributed by atoms with Crippen molar-refractivity contribution in [3.8, 4) is 10.4 Å². The maximum absolute atomic E-state index is 12.0. The third-order valence-corrected chi connectivity index (χ3v) is 5.05. The summed E-state index contributed by atoms with van der Waals surface area (Å²) in [7, 11) is 0. The van der Waals surface area contributed by atoms with Gasteiger partial charge in [-0.15, -0.1) is 5.10 Å². The fourth-order valence-corrected chi connectivity index (χ4v) is 3.67. The Bertz CT molecular complexity index is 833. The third kappa shape index (κ3) is 5.98. The van der Waals surface area contributed by atoms with E-state index < -0.39 is 29.9 Å². The number of hydrogen-bond donors (Lipinski definition) is 1. The SMILES string of the molecule is CC(=O)O[C@@H]1[C@@H](OC(=O)OC(C)(C)C)CN[C@@H]1Cc1ccc(-c2cnns2)cc1. The molecule has 8 nitrogen and oxygen atoms in total. The van der Waals surface area contributed by atoms with E-state index >= 15 is 0 Å². The zero-order chi connectivity index (χ0) is 21.0. The average Bonchev–Trinajstić information content (AvgIpc) is 3.26. The highest BCUT2D eigenvalue weighted by Gasteiger charge is 2.41. The van der Waals surface area contributed by atoms with Crippen LogP contribution in [0.1, 0.15) is 33.3 Å². The zero-order valence-corrected chi connectivity index (χ0v) is 17.7. The Labute approximate surface area is 173 Å². The summed E-state index contributed by atoms with van der Waals surface area (Å²) in [4.78, 5) is 24.6. The van der Waals surface area contributed by atoms with E-state index in [1.165, 1.54) is 18.5 Å². The van der Waals surface area contributed by atoms with Gasteiger partial charge in [-0.25, -0.2) is 4.79 Å². The Kier molecular flexibility index (Phi) is 6.49. The standard InChI is InChI=1S/C20H25N3O5S/c1-12(24)26-18-15(21-10-16(18)27-19(25)28-20(2,3)4)9-13-5-7-14(8-6-13)17-11-22-23-29-17/h5-8,11,15-16,18,21H,9-10H2,1-4H3/t15-,16+,18+/m1/s1. The van der Waals surface area contributed by atoms with Crippen molar-refractivity contribution in [2.24, 2.45) is 0 Å². The van der Waals surface area contributed by atoms with E-state index in [1.807, 2.05) is 24.3 Å². The van der Waals surface area contributed by atoms with Crippen LogP contribution in [0.15, 0.2) is 30.5 Å². The molecule has 3 rings (SSSR count). The number of aromatic nitrogens is 2. The van der Waals surface area contributed by atoms with Crippen molar-refractivity contribution >= 4 is 23.7 Å². The van der Waals surface area contributed by atoms with Crippen molar-refractivity contribution in [3.63, 3.8) is 0 Å². The molecule has 0 bridgehead atoms. The second-order valence-corrected chi connectivity index (χ2v) is 8.68. The van der Waals surface area contributed by atoms with Crippen molar-refractivity contribution < 1.29 is 23.8 Å². The Balaban J connectivity index is 1.66. The van der Waals surface area contributed by atoms with Crippen LogP contribution >= 0.6 is 11.5 Å². The first kappa shape index (κ1) is 21.2. The number of carbonyl (C=O) groups is 2. The smallest absolute Gasteiger partial charge is 0.457 e. The fourth-order valence-electron chi connectivity index (χ4n) is 3.16. The van der Waals surface area contributed by atoms with Crippen LogP contribution < -0.4 is 5.32 Å². The van der Waals surface area contributed by atoms with Gasteiger partial charge in [0, 0.05) is 13.5 Å². The van der Waals surface area contributed by atoms with Crippen molar-refractivity contribution in [2.75, 3.05) is 6.54 Å². The Hall–Kier alpha value is -2.52. The molecule has 29 heavy (non-hydrogen) atoms. The van der Waals surface area contributed by atoms with Gasteiger partial charge in [0.05, 0.1) is 17.1 Å². The molecule has 1 fully saturated rings. The largest absolute Gasteiger partial charge is 0.509 e. The lowest BCUT2D eigenvalue weighted by atomic mass is 10.0. The van der Waals surface area contributed by atoms with Gasteiger partial charge in [0.25, 0.3) is 0 Å². The molecule has 2 aromatic rings. The van der Waals surface area contributed by atoms with Crippen LogP contribution in [-0.4, -0.2) is 52.1 Å². The molecule has 156 valence electrons. The Morgan fingerprint density at radius 2 is 1.93 bits per heavy atom. The van der Waals surface area contributed by atoms with E-state index in [0.717, 1.165) is 16.0 Å². The van der Waals surface area contributed by atoms with Crippen LogP contribution in [0.4, 0.5) is 4.79 Å². The minimum atomic E-state index is -0.773. The van der Waals surface area contributed by atoms with Crippen molar-refractivity contribution in [2.45, 2.75) is 58.0 Å². The molecule has 1 aliphatic heterocycles. The molecule has 0 amide bonds. The molecule has 0 spiro atoms. The number of esters is 1. The van der Waals surface area contributed by atoms with Crippen LogP contribution in [0.5, 0.6) is 0 Å². The first-order valence-corrected chi connectivity index (χ1v) is 10.2. The van der Waals surface area contributed by atoms with Gasteiger partial charge < -0.3 is 19.5 Å². The summed E-state index contributed by atoms with van der Waals surface area (Å²) in [6.07, 6.45) is 0.372. The molecule has 9 heteroatoms. The average molecular weight is 420 g/mol.